The number of rotatable bonds is 24. The van der Waals surface area contributed by atoms with Crippen LogP contribution in [0.2, 0.25) is 0 Å². The molecule has 0 saturated heterocycles. The number of nitrogens with zero attached hydrogens (tertiary/aromatic N) is 2. The van der Waals surface area contributed by atoms with Gasteiger partial charge in [0, 0.05) is 34.1 Å². The van der Waals surface area contributed by atoms with Crippen LogP contribution in [0.5, 0.6) is 0 Å². The Morgan fingerprint density at radius 1 is 0.287 bits per heavy atom. The second-order valence-corrected chi connectivity index (χ2v) is 22.3. The van der Waals surface area contributed by atoms with Crippen LogP contribution in [-0.2, 0) is 18.3 Å². The molecule has 0 N–H and O–H groups in total. The molecule has 0 spiro atoms. The minimum absolute atomic E-state index is 0.550. The van der Waals surface area contributed by atoms with Gasteiger partial charge in [-0.3, -0.25) is 0 Å². The van der Waals surface area contributed by atoms with E-state index >= 15 is 0 Å². The van der Waals surface area contributed by atoms with Crippen molar-refractivity contribution in [2.75, 3.05) is 9.80 Å². The van der Waals surface area contributed by atoms with E-state index in [1.54, 1.807) is 0 Å². The third kappa shape index (κ3) is 11.7. The zero-order chi connectivity index (χ0) is 54.5. The Balaban J connectivity index is 0.987. The maximum Gasteiger partial charge on any atom is 0.0714 e. The van der Waals surface area contributed by atoms with Crippen LogP contribution in [0.4, 0.5) is 34.1 Å². The molecule has 0 aliphatic heterocycles. The average molecular weight is 1040 g/mol. The number of benzene rings is 10. The maximum atomic E-state index is 2.53. The van der Waals surface area contributed by atoms with Crippen LogP contribution < -0.4 is 9.80 Å². The predicted molar refractivity (Wildman–Crippen MR) is 343 cm³/mol. The molecular formula is C78H78N2. The maximum absolute atomic E-state index is 2.53. The van der Waals surface area contributed by atoms with Crippen LogP contribution in [-0.4, -0.2) is 0 Å². The third-order valence-corrected chi connectivity index (χ3v) is 16.8. The lowest BCUT2D eigenvalue weighted by Crippen LogP contribution is -2.28. The molecule has 1 aliphatic carbocycles. The van der Waals surface area contributed by atoms with Gasteiger partial charge < -0.3 is 9.80 Å². The first-order chi connectivity index (χ1) is 39.5. The zero-order valence-corrected chi connectivity index (χ0v) is 47.5. The number of unbranched alkanes of at least 4 members (excludes halogenated alkanes) is 10. The van der Waals surface area contributed by atoms with Gasteiger partial charge in [0.05, 0.1) is 5.41 Å². The number of aryl methyl sites for hydroxylation is 3. The van der Waals surface area contributed by atoms with Crippen LogP contribution in [0.15, 0.2) is 249 Å². The lowest BCUT2D eigenvalue weighted by atomic mass is 9.67. The van der Waals surface area contributed by atoms with Crippen molar-refractivity contribution >= 4 is 34.1 Å². The smallest absolute Gasteiger partial charge is 0.0714 e. The van der Waals surface area contributed by atoms with Gasteiger partial charge in [-0.2, -0.15) is 0 Å². The third-order valence-electron chi connectivity index (χ3n) is 16.8. The molecule has 10 aromatic rings. The van der Waals surface area contributed by atoms with Gasteiger partial charge >= 0.3 is 0 Å². The van der Waals surface area contributed by atoms with E-state index in [4.69, 9.17) is 0 Å². The molecule has 0 heterocycles. The van der Waals surface area contributed by atoms with E-state index in [9.17, 15) is 0 Å². The van der Waals surface area contributed by atoms with Crippen LogP contribution in [0.25, 0.3) is 33.4 Å². The van der Waals surface area contributed by atoms with Gasteiger partial charge in [-0.15, -0.1) is 0 Å². The number of fused-ring (bicyclic) bond motifs is 3. The summed E-state index contributed by atoms with van der Waals surface area (Å²) in [5.41, 5.74) is 23.1. The van der Waals surface area contributed by atoms with E-state index in [-0.39, 0.29) is 0 Å². The number of para-hydroxylation sites is 3. The first-order valence-corrected chi connectivity index (χ1v) is 30.0. The Morgan fingerprint density at radius 2 is 0.600 bits per heavy atom. The molecule has 0 aromatic heterocycles. The molecule has 80 heavy (non-hydrogen) atoms. The molecule has 10 aromatic carbocycles. The van der Waals surface area contributed by atoms with Crippen molar-refractivity contribution in [2.24, 2.45) is 0 Å². The van der Waals surface area contributed by atoms with Crippen LogP contribution in [0, 0.1) is 6.92 Å². The number of hydrogen-bond donors (Lipinski definition) is 0. The Labute approximate surface area is 478 Å². The number of hydrogen-bond acceptors (Lipinski definition) is 2. The fourth-order valence-electron chi connectivity index (χ4n) is 12.5. The zero-order valence-electron chi connectivity index (χ0n) is 47.5. The molecule has 0 atom stereocenters. The van der Waals surface area contributed by atoms with Gasteiger partial charge in [-0.25, -0.2) is 0 Å². The lowest BCUT2D eigenvalue weighted by molar-refractivity contribution is 0.607. The molecule has 2 nitrogen and oxygen atoms in total. The van der Waals surface area contributed by atoms with Crippen molar-refractivity contribution in [3.8, 4) is 33.4 Å². The van der Waals surface area contributed by atoms with Crippen molar-refractivity contribution in [1.29, 1.82) is 0 Å². The average Bonchev–Trinajstić information content (AvgIpc) is 3.79. The first kappa shape index (κ1) is 53.8. The Hall–Kier alpha value is -8.20. The summed E-state index contributed by atoms with van der Waals surface area (Å²) >= 11 is 0. The van der Waals surface area contributed by atoms with Crippen LogP contribution in [0.3, 0.4) is 0 Å². The SMILES string of the molecule is CCCCCCCCc1ccc(C2(c3ccc(CCCCCCCC)cc3)c3cc(-c4ccc(C)cc4)ccc3-c3ccc(-c4ccc(N(c5ccccc5)c5ccc(N(c6ccccc6)c6ccccc6)cc5)cc4)cc32)cc1. The molecule has 0 fully saturated rings. The van der Waals surface area contributed by atoms with E-state index < -0.39 is 5.41 Å². The topological polar surface area (TPSA) is 6.48 Å². The van der Waals surface area contributed by atoms with Crippen LogP contribution >= 0.6 is 0 Å². The molecule has 2 heteroatoms. The highest BCUT2D eigenvalue weighted by atomic mass is 15.2. The summed E-state index contributed by atoms with van der Waals surface area (Å²) < 4.78 is 0. The fraction of sp³-hybridized carbons (Fsp3) is 0.231. The highest BCUT2D eigenvalue weighted by Crippen LogP contribution is 2.58. The largest absolute Gasteiger partial charge is 0.311 e. The standard InChI is InChI=1S/C78H78N2/c1-4-6-8-10-12-17-25-60-35-45-66(46-36-60)78(67-47-37-61(38-48-67)26-18-13-11-9-7-5-2)76-57-64(62-39-33-59(3)34-40-62)43-55-74(76)75-56-44-65(58-77(75)78)63-41-49-71(50-42-63)80(70-31-23-16-24-32-70)73-53-51-72(52-54-73)79(68-27-19-14-20-28-68)69-29-21-15-22-30-69/h14-16,19-24,27-58H,4-13,17-18,25-26H2,1-3H3. The highest BCUT2D eigenvalue weighted by Gasteiger charge is 2.46. The molecule has 0 saturated carbocycles. The van der Waals surface area contributed by atoms with Crippen molar-refractivity contribution in [1.82, 2.24) is 0 Å². The monoisotopic (exact) mass is 1040 g/mol. The van der Waals surface area contributed by atoms with E-state index in [1.807, 2.05) is 0 Å². The van der Waals surface area contributed by atoms with E-state index in [0.29, 0.717) is 0 Å². The second-order valence-electron chi connectivity index (χ2n) is 22.3. The summed E-state index contributed by atoms with van der Waals surface area (Å²) in [7, 11) is 0. The minimum atomic E-state index is -0.550. The number of anilines is 6. The molecule has 0 radical (unpaired) electrons. The molecule has 11 rings (SSSR count). The van der Waals surface area contributed by atoms with Crippen molar-refractivity contribution in [2.45, 2.75) is 116 Å². The summed E-state index contributed by atoms with van der Waals surface area (Å²) in [4.78, 5) is 4.68. The first-order valence-electron chi connectivity index (χ1n) is 30.0. The van der Waals surface area contributed by atoms with E-state index in [2.05, 4.69) is 279 Å². The summed E-state index contributed by atoms with van der Waals surface area (Å²) in [6, 6.07) is 93.5. The molecular weight excluding hydrogens is 965 g/mol. The summed E-state index contributed by atoms with van der Waals surface area (Å²) in [6.45, 7) is 6.78. The van der Waals surface area contributed by atoms with Crippen LogP contribution in [0.1, 0.15) is 130 Å². The predicted octanol–water partition coefficient (Wildman–Crippen LogP) is 22.4. The lowest BCUT2D eigenvalue weighted by Gasteiger charge is -2.34. The molecule has 0 bridgehead atoms. The van der Waals surface area contributed by atoms with Crippen molar-refractivity contribution < 1.29 is 0 Å². The van der Waals surface area contributed by atoms with Gasteiger partial charge in [0.15, 0.2) is 0 Å². The summed E-state index contributed by atoms with van der Waals surface area (Å²) in [5.74, 6) is 0. The minimum Gasteiger partial charge on any atom is -0.311 e. The van der Waals surface area contributed by atoms with Crippen molar-refractivity contribution in [3.63, 3.8) is 0 Å². The van der Waals surface area contributed by atoms with Gasteiger partial charge in [-0.05, 0) is 184 Å². The molecule has 1 aliphatic rings. The second kappa shape index (κ2) is 25.7. The highest BCUT2D eigenvalue weighted by molar-refractivity contribution is 5.91. The summed E-state index contributed by atoms with van der Waals surface area (Å²) in [6.07, 6.45) is 17.9. The summed E-state index contributed by atoms with van der Waals surface area (Å²) in [5, 5.41) is 0. The van der Waals surface area contributed by atoms with Gasteiger partial charge in [0.25, 0.3) is 0 Å². The fourth-order valence-corrected chi connectivity index (χ4v) is 12.5. The molecule has 0 amide bonds. The van der Waals surface area contributed by atoms with Gasteiger partial charge in [0.1, 0.15) is 0 Å². The normalized spacial score (nSPS) is 12.2. The van der Waals surface area contributed by atoms with Gasteiger partial charge in [0.2, 0.25) is 0 Å². The van der Waals surface area contributed by atoms with E-state index in [0.717, 1.165) is 47.0 Å². The molecule has 400 valence electrons. The molecule has 0 unspecified atom stereocenters. The van der Waals surface area contributed by atoms with E-state index in [1.165, 1.54) is 149 Å². The quantitative estimate of drug-likeness (QED) is 0.0557. The Kier molecular flexibility index (Phi) is 17.3. The van der Waals surface area contributed by atoms with Crippen molar-refractivity contribution in [3.05, 3.63) is 288 Å². The Morgan fingerprint density at radius 3 is 0.975 bits per heavy atom. The van der Waals surface area contributed by atoms with Gasteiger partial charge in [-0.1, -0.05) is 247 Å². The Bertz CT molecular complexity index is 3430.